The summed E-state index contributed by atoms with van der Waals surface area (Å²) in [6, 6.07) is 20.7. The van der Waals surface area contributed by atoms with Gasteiger partial charge in [0, 0.05) is 52.2 Å². The Morgan fingerprint density at radius 2 is 1.48 bits per heavy atom. The second kappa shape index (κ2) is 9.23. The lowest BCUT2D eigenvalue weighted by atomic mass is 10.1. The maximum absolute atomic E-state index is 13.0. The van der Waals surface area contributed by atoms with Crippen LogP contribution in [0.4, 0.5) is 0 Å². The minimum atomic E-state index is -0.182. The first-order chi connectivity index (χ1) is 14.2. The zero-order valence-electron chi connectivity index (χ0n) is 16.9. The van der Waals surface area contributed by atoms with Crippen LogP contribution in [0.2, 0.25) is 0 Å². The number of likely N-dealkylation sites (tertiary alicyclic amines) is 1. The van der Waals surface area contributed by atoms with Crippen molar-refractivity contribution < 1.29 is 9.59 Å². The highest BCUT2D eigenvalue weighted by Crippen LogP contribution is 2.21. The minimum absolute atomic E-state index is 0.113. The lowest BCUT2D eigenvalue weighted by molar-refractivity contribution is -0.137. The van der Waals surface area contributed by atoms with Crippen LogP contribution in [0.5, 0.6) is 0 Å². The number of carbonyl (C=O) groups is 2. The number of carbonyl (C=O) groups excluding carboxylic acids is 2. The highest BCUT2D eigenvalue weighted by atomic mass is 16.2. The molecule has 0 bridgehead atoms. The number of piperazine rings is 1. The molecule has 0 saturated carbocycles. The molecule has 29 heavy (non-hydrogen) atoms. The molecule has 2 saturated heterocycles. The molecule has 2 aliphatic heterocycles. The van der Waals surface area contributed by atoms with Gasteiger partial charge < -0.3 is 9.80 Å². The first-order valence-corrected chi connectivity index (χ1v) is 10.6. The maximum Gasteiger partial charge on any atom is 0.228 e. The van der Waals surface area contributed by atoms with E-state index >= 15 is 0 Å². The maximum atomic E-state index is 13.0. The molecule has 2 aromatic carbocycles. The van der Waals surface area contributed by atoms with Gasteiger partial charge in [-0.2, -0.15) is 0 Å². The van der Waals surface area contributed by atoms with E-state index in [4.69, 9.17) is 0 Å². The summed E-state index contributed by atoms with van der Waals surface area (Å²) in [4.78, 5) is 31.6. The third-order valence-corrected chi connectivity index (χ3v) is 6.01. The molecule has 0 unspecified atom stereocenters. The van der Waals surface area contributed by atoms with Crippen molar-refractivity contribution in [2.45, 2.75) is 19.4 Å². The van der Waals surface area contributed by atoms with Crippen molar-refractivity contribution in [2.24, 2.45) is 5.92 Å². The zero-order valence-corrected chi connectivity index (χ0v) is 16.9. The molecule has 2 aromatic rings. The quantitative estimate of drug-likeness (QED) is 0.760. The molecule has 0 spiro atoms. The molecule has 2 aliphatic rings. The topological polar surface area (TPSA) is 43.9 Å². The minimum Gasteiger partial charge on any atom is -0.342 e. The van der Waals surface area contributed by atoms with Crippen molar-refractivity contribution in [3.8, 4) is 0 Å². The summed E-state index contributed by atoms with van der Waals surface area (Å²) in [5.74, 6) is 0.0841. The van der Waals surface area contributed by atoms with Crippen molar-refractivity contribution in [3.63, 3.8) is 0 Å². The Balaban J connectivity index is 1.24. The monoisotopic (exact) mass is 391 g/mol. The smallest absolute Gasteiger partial charge is 0.228 e. The van der Waals surface area contributed by atoms with Crippen LogP contribution >= 0.6 is 0 Å². The van der Waals surface area contributed by atoms with Crippen LogP contribution in [0.25, 0.3) is 0 Å². The Bertz CT molecular complexity index is 817. The summed E-state index contributed by atoms with van der Waals surface area (Å²) in [6.45, 7) is 5.46. The van der Waals surface area contributed by atoms with E-state index in [9.17, 15) is 9.59 Å². The molecule has 0 radical (unpaired) electrons. The van der Waals surface area contributed by atoms with Gasteiger partial charge in [0.25, 0.3) is 0 Å². The molecule has 5 heteroatoms. The van der Waals surface area contributed by atoms with Gasteiger partial charge in [0.2, 0.25) is 11.8 Å². The van der Waals surface area contributed by atoms with Gasteiger partial charge in [-0.25, -0.2) is 0 Å². The lowest BCUT2D eigenvalue weighted by Gasteiger charge is -2.36. The Kier molecular flexibility index (Phi) is 6.25. The van der Waals surface area contributed by atoms with Gasteiger partial charge >= 0.3 is 0 Å². The Labute approximate surface area is 172 Å². The van der Waals surface area contributed by atoms with E-state index in [-0.39, 0.29) is 17.7 Å². The van der Waals surface area contributed by atoms with Crippen LogP contribution in [-0.4, -0.2) is 65.8 Å². The van der Waals surface area contributed by atoms with Crippen molar-refractivity contribution in [2.75, 3.05) is 39.3 Å². The van der Waals surface area contributed by atoms with E-state index in [1.54, 1.807) is 0 Å². The predicted octanol–water partition coefficient (Wildman–Crippen LogP) is 2.42. The predicted molar refractivity (Wildman–Crippen MR) is 113 cm³/mol. The van der Waals surface area contributed by atoms with Gasteiger partial charge in [0.1, 0.15) is 0 Å². The van der Waals surface area contributed by atoms with Gasteiger partial charge in [-0.1, -0.05) is 60.7 Å². The van der Waals surface area contributed by atoms with Crippen LogP contribution < -0.4 is 0 Å². The number of hydrogen-bond acceptors (Lipinski definition) is 3. The molecular formula is C24H29N3O2. The first kappa shape index (κ1) is 19.6. The number of benzene rings is 2. The average Bonchev–Trinajstić information content (AvgIpc) is 3.14. The summed E-state index contributed by atoms with van der Waals surface area (Å²) in [5.41, 5.74) is 2.53. The van der Waals surface area contributed by atoms with Crippen LogP contribution in [-0.2, 0) is 22.6 Å². The van der Waals surface area contributed by atoms with E-state index in [1.807, 2.05) is 34.1 Å². The average molecular weight is 392 g/mol. The second-order valence-electron chi connectivity index (χ2n) is 8.06. The molecule has 2 amide bonds. The van der Waals surface area contributed by atoms with Crippen molar-refractivity contribution in [3.05, 3.63) is 71.8 Å². The van der Waals surface area contributed by atoms with E-state index in [2.05, 4.69) is 41.3 Å². The fourth-order valence-electron chi connectivity index (χ4n) is 4.29. The first-order valence-electron chi connectivity index (χ1n) is 10.6. The van der Waals surface area contributed by atoms with E-state index < -0.39 is 0 Å². The highest BCUT2D eigenvalue weighted by Gasteiger charge is 2.37. The largest absolute Gasteiger partial charge is 0.342 e. The van der Waals surface area contributed by atoms with Crippen LogP contribution in [0.15, 0.2) is 60.7 Å². The molecule has 1 atom stereocenters. The summed E-state index contributed by atoms with van der Waals surface area (Å²) < 4.78 is 0. The highest BCUT2D eigenvalue weighted by molar-refractivity contribution is 5.89. The molecule has 2 fully saturated rings. The zero-order chi connectivity index (χ0) is 20.1. The Hall–Kier alpha value is -2.66. The standard InChI is InChI=1S/C24H29N3O2/c28-23-17-22(19-27(23)12-11-20-7-3-1-4-8-20)24(29)26-15-13-25(14-16-26)18-21-9-5-2-6-10-21/h1-10,22H,11-19H2/t22-/m1/s1. The van der Waals surface area contributed by atoms with Crippen LogP contribution in [0, 0.1) is 5.92 Å². The third kappa shape index (κ3) is 5.04. The molecular weight excluding hydrogens is 362 g/mol. The number of nitrogens with zero attached hydrogens (tertiary/aromatic N) is 3. The van der Waals surface area contributed by atoms with Gasteiger partial charge in [0.15, 0.2) is 0 Å². The number of hydrogen-bond donors (Lipinski definition) is 0. The molecule has 5 nitrogen and oxygen atoms in total. The molecule has 0 N–H and O–H groups in total. The van der Waals surface area contributed by atoms with Gasteiger partial charge in [0.05, 0.1) is 5.92 Å². The fourth-order valence-corrected chi connectivity index (χ4v) is 4.29. The summed E-state index contributed by atoms with van der Waals surface area (Å²) in [6.07, 6.45) is 1.20. The molecule has 4 rings (SSSR count). The fraction of sp³-hybridized carbons (Fsp3) is 0.417. The van der Waals surface area contributed by atoms with Crippen molar-refractivity contribution in [1.82, 2.24) is 14.7 Å². The SMILES string of the molecule is O=C1C[C@@H](C(=O)N2CCN(Cc3ccccc3)CC2)CN1CCc1ccccc1. The Morgan fingerprint density at radius 3 is 2.14 bits per heavy atom. The molecule has 152 valence electrons. The lowest BCUT2D eigenvalue weighted by Crippen LogP contribution is -2.50. The van der Waals surface area contributed by atoms with E-state index in [0.29, 0.717) is 19.5 Å². The third-order valence-electron chi connectivity index (χ3n) is 6.01. The number of amides is 2. The summed E-state index contributed by atoms with van der Waals surface area (Å²) in [7, 11) is 0. The molecule has 2 heterocycles. The van der Waals surface area contributed by atoms with Crippen LogP contribution in [0.3, 0.4) is 0 Å². The van der Waals surface area contributed by atoms with Crippen molar-refractivity contribution in [1.29, 1.82) is 0 Å². The Morgan fingerprint density at radius 1 is 0.862 bits per heavy atom. The van der Waals surface area contributed by atoms with E-state index in [1.165, 1.54) is 11.1 Å². The van der Waals surface area contributed by atoms with Gasteiger partial charge in [-0.3, -0.25) is 14.5 Å². The summed E-state index contributed by atoms with van der Waals surface area (Å²) >= 11 is 0. The second-order valence-corrected chi connectivity index (χ2v) is 8.06. The van der Waals surface area contributed by atoms with E-state index in [0.717, 1.165) is 39.1 Å². The van der Waals surface area contributed by atoms with Crippen LogP contribution in [0.1, 0.15) is 17.5 Å². The number of rotatable bonds is 6. The normalized spacial score (nSPS) is 20.3. The molecule has 0 aromatic heterocycles. The van der Waals surface area contributed by atoms with Gasteiger partial charge in [-0.05, 0) is 17.5 Å². The van der Waals surface area contributed by atoms with Gasteiger partial charge in [-0.15, -0.1) is 0 Å². The molecule has 0 aliphatic carbocycles. The summed E-state index contributed by atoms with van der Waals surface area (Å²) in [5, 5.41) is 0. The van der Waals surface area contributed by atoms with Crippen molar-refractivity contribution >= 4 is 11.8 Å².